The smallest absolute Gasteiger partial charge is 0.152 e. The van der Waals surface area contributed by atoms with Crippen molar-refractivity contribution in [3.63, 3.8) is 0 Å². The molecule has 0 amide bonds. The zero-order chi connectivity index (χ0) is 15.5. The van der Waals surface area contributed by atoms with Crippen molar-refractivity contribution in [2.45, 2.75) is 24.8 Å². The molecule has 3 N–H and O–H groups in total. The van der Waals surface area contributed by atoms with E-state index in [1.165, 1.54) is 12.5 Å². The van der Waals surface area contributed by atoms with Crippen LogP contribution in [0.2, 0.25) is 5.02 Å². The number of hydrazine groups is 1. The molecule has 2 atom stereocenters. The molecule has 1 rings (SSSR count). The minimum Gasteiger partial charge on any atom is -0.308 e. The second-order valence-corrected chi connectivity index (χ2v) is 7.89. The number of nitrogens with two attached hydrogens (primary N) is 1. The minimum absolute atomic E-state index is 0.405. The Kier molecular flexibility index (Phi) is 5.96. The molecule has 1 aromatic rings. The summed E-state index contributed by atoms with van der Waals surface area (Å²) in [5, 5.41) is 3.88. The lowest BCUT2D eigenvalue weighted by atomic mass is 10.1. The van der Waals surface area contributed by atoms with Crippen molar-refractivity contribution in [1.82, 2.24) is 20.1 Å². The lowest BCUT2D eigenvalue weighted by Crippen LogP contribution is -2.40. The van der Waals surface area contributed by atoms with Gasteiger partial charge in [0, 0.05) is 12.8 Å². The van der Waals surface area contributed by atoms with Crippen molar-refractivity contribution in [2.75, 3.05) is 26.9 Å². The van der Waals surface area contributed by atoms with E-state index in [1.54, 1.807) is 11.6 Å². The lowest BCUT2D eigenvalue weighted by Gasteiger charge is -2.24. The zero-order valence-electron chi connectivity index (χ0n) is 12.2. The molecule has 0 aliphatic rings. The highest BCUT2D eigenvalue weighted by Gasteiger charge is 2.31. The van der Waals surface area contributed by atoms with Crippen molar-refractivity contribution >= 4 is 21.4 Å². The average molecular weight is 324 g/mol. The van der Waals surface area contributed by atoms with E-state index in [2.05, 4.69) is 10.5 Å². The van der Waals surface area contributed by atoms with Crippen molar-refractivity contribution in [2.24, 2.45) is 5.84 Å². The average Bonchev–Trinajstić information content (AvgIpc) is 2.68. The molecule has 0 spiro atoms. The fourth-order valence-corrected chi connectivity index (χ4v) is 2.80. The van der Waals surface area contributed by atoms with E-state index in [0.717, 1.165) is 6.54 Å². The summed E-state index contributed by atoms with van der Waals surface area (Å²) in [7, 11) is 0.636. The van der Waals surface area contributed by atoms with Crippen molar-refractivity contribution in [3.05, 3.63) is 16.9 Å². The van der Waals surface area contributed by atoms with E-state index in [9.17, 15) is 8.42 Å². The second kappa shape index (κ2) is 6.86. The predicted octanol–water partition coefficient (Wildman–Crippen LogP) is 0.0356. The molecule has 9 heteroatoms. The Morgan fingerprint density at radius 2 is 2.15 bits per heavy atom. The molecule has 1 heterocycles. The van der Waals surface area contributed by atoms with Gasteiger partial charge in [0.2, 0.25) is 0 Å². The summed E-state index contributed by atoms with van der Waals surface area (Å²) in [5.41, 5.74) is 3.13. The van der Waals surface area contributed by atoms with Gasteiger partial charge < -0.3 is 4.90 Å². The van der Waals surface area contributed by atoms with Crippen molar-refractivity contribution in [3.8, 4) is 0 Å². The molecule has 0 aliphatic carbocycles. The molecule has 116 valence electrons. The molecule has 0 saturated heterocycles. The number of halogens is 1. The summed E-state index contributed by atoms with van der Waals surface area (Å²) in [6, 6.07) is -0.609. The molecule has 0 fully saturated rings. The highest BCUT2D eigenvalue weighted by molar-refractivity contribution is 7.91. The Hall–Kier alpha value is -0.670. The molecular formula is C11H22ClN5O2S. The number of likely N-dealkylation sites (N-methyl/N-ethyl adjacent to an activating group) is 1. The largest absolute Gasteiger partial charge is 0.308 e. The van der Waals surface area contributed by atoms with Crippen LogP contribution >= 0.6 is 11.6 Å². The maximum absolute atomic E-state index is 11.7. The van der Waals surface area contributed by atoms with Crippen molar-refractivity contribution in [1.29, 1.82) is 0 Å². The minimum atomic E-state index is -3.26. The van der Waals surface area contributed by atoms with Crippen molar-refractivity contribution < 1.29 is 8.42 Å². The summed E-state index contributed by atoms with van der Waals surface area (Å²) in [4.78, 5) is 2.00. The first-order valence-corrected chi connectivity index (χ1v) is 8.52. The number of hydrogen-bond acceptors (Lipinski definition) is 6. The Labute approximate surface area is 125 Å². The molecular weight excluding hydrogens is 302 g/mol. The summed E-state index contributed by atoms with van der Waals surface area (Å²) in [6.07, 6.45) is 2.68. The van der Waals surface area contributed by atoms with Crippen LogP contribution < -0.4 is 11.3 Å². The second-order valence-electron chi connectivity index (χ2n) is 5.08. The molecule has 0 aromatic carbocycles. The van der Waals surface area contributed by atoms with E-state index >= 15 is 0 Å². The molecule has 2 unspecified atom stereocenters. The molecule has 0 radical (unpaired) electrons. The monoisotopic (exact) mass is 323 g/mol. The third kappa shape index (κ3) is 4.16. The zero-order valence-corrected chi connectivity index (χ0v) is 13.7. The summed E-state index contributed by atoms with van der Waals surface area (Å²) >= 11 is 6.14. The fraction of sp³-hybridized carbons (Fsp3) is 0.727. The Morgan fingerprint density at radius 1 is 1.55 bits per heavy atom. The van der Waals surface area contributed by atoms with E-state index in [1.807, 2.05) is 19.0 Å². The van der Waals surface area contributed by atoms with Gasteiger partial charge in [-0.15, -0.1) is 0 Å². The van der Waals surface area contributed by atoms with E-state index < -0.39 is 21.1 Å². The Bertz CT molecular complexity index is 543. The molecule has 1 aromatic heterocycles. The summed E-state index contributed by atoms with van der Waals surface area (Å²) < 4.78 is 25.2. The molecule has 20 heavy (non-hydrogen) atoms. The number of rotatable bonds is 7. The topological polar surface area (TPSA) is 93.2 Å². The summed E-state index contributed by atoms with van der Waals surface area (Å²) in [6.45, 7) is 2.96. The quantitative estimate of drug-likeness (QED) is 0.543. The highest BCUT2D eigenvalue weighted by atomic mass is 35.5. The first kappa shape index (κ1) is 17.4. The van der Waals surface area contributed by atoms with Crippen LogP contribution in [0.5, 0.6) is 0 Å². The van der Waals surface area contributed by atoms with Crippen LogP contribution in [0.3, 0.4) is 0 Å². The van der Waals surface area contributed by atoms with Gasteiger partial charge in [0.05, 0.1) is 34.7 Å². The van der Waals surface area contributed by atoms with Crippen LogP contribution in [-0.4, -0.2) is 55.2 Å². The molecule has 0 saturated carbocycles. The van der Waals surface area contributed by atoms with Gasteiger partial charge in [-0.3, -0.25) is 16.0 Å². The van der Waals surface area contributed by atoms with Gasteiger partial charge in [-0.05, 0) is 21.0 Å². The molecule has 0 bridgehead atoms. The third-order valence-corrected chi connectivity index (χ3v) is 5.13. The van der Waals surface area contributed by atoms with Crippen LogP contribution in [0, 0.1) is 0 Å². The fourth-order valence-electron chi connectivity index (χ4n) is 1.84. The number of sulfone groups is 1. The number of nitrogens with one attached hydrogen (secondary N) is 1. The van der Waals surface area contributed by atoms with Gasteiger partial charge in [0.25, 0.3) is 0 Å². The standard InChI is InChI=1S/C11H22ClN5O2S/c1-8(20(4,18)19)10(15-13)11-9(12)7-14-17(11)6-5-16(2)3/h7-8,10,15H,5-6,13H2,1-4H3. The number of hydrogen-bond donors (Lipinski definition) is 2. The van der Waals surface area contributed by atoms with E-state index in [-0.39, 0.29) is 0 Å². The van der Waals surface area contributed by atoms with Crippen LogP contribution in [0.25, 0.3) is 0 Å². The normalized spacial score (nSPS) is 15.6. The van der Waals surface area contributed by atoms with Gasteiger partial charge in [-0.2, -0.15) is 5.10 Å². The third-order valence-electron chi connectivity index (χ3n) is 3.21. The maximum atomic E-state index is 11.7. The van der Waals surface area contributed by atoms with Crippen LogP contribution in [-0.2, 0) is 16.4 Å². The number of aromatic nitrogens is 2. The highest BCUT2D eigenvalue weighted by Crippen LogP contribution is 2.27. The molecule has 7 nitrogen and oxygen atoms in total. The first-order chi connectivity index (χ1) is 9.18. The van der Waals surface area contributed by atoms with Crippen LogP contribution in [0.15, 0.2) is 6.20 Å². The SMILES string of the molecule is CC(C(NN)c1c(Cl)cnn1CCN(C)C)S(C)(=O)=O. The number of nitrogens with zero attached hydrogens (tertiary/aromatic N) is 3. The molecule has 0 aliphatic heterocycles. The van der Waals surface area contributed by atoms with Gasteiger partial charge in [0.1, 0.15) is 0 Å². The lowest BCUT2D eigenvalue weighted by molar-refractivity contribution is 0.361. The van der Waals surface area contributed by atoms with Gasteiger partial charge in [-0.1, -0.05) is 11.6 Å². The Balaban J connectivity index is 3.12. The van der Waals surface area contributed by atoms with Gasteiger partial charge in [-0.25, -0.2) is 8.42 Å². The Morgan fingerprint density at radius 3 is 2.60 bits per heavy atom. The van der Waals surface area contributed by atoms with Crippen LogP contribution in [0.4, 0.5) is 0 Å². The van der Waals surface area contributed by atoms with Crippen LogP contribution in [0.1, 0.15) is 18.7 Å². The van der Waals surface area contributed by atoms with E-state index in [4.69, 9.17) is 17.4 Å². The van der Waals surface area contributed by atoms with E-state index in [0.29, 0.717) is 17.3 Å². The first-order valence-electron chi connectivity index (χ1n) is 6.19. The van der Waals surface area contributed by atoms with Gasteiger partial charge in [0.15, 0.2) is 9.84 Å². The maximum Gasteiger partial charge on any atom is 0.152 e. The predicted molar refractivity (Wildman–Crippen MR) is 80.2 cm³/mol. The summed E-state index contributed by atoms with van der Waals surface area (Å²) in [5.74, 6) is 5.53. The van der Waals surface area contributed by atoms with Gasteiger partial charge >= 0.3 is 0 Å².